The van der Waals surface area contributed by atoms with Gasteiger partial charge in [-0.2, -0.15) is 0 Å². The van der Waals surface area contributed by atoms with Gasteiger partial charge >= 0.3 is 0 Å². The summed E-state index contributed by atoms with van der Waals surface area (Å²) in [4.78, 5) is 6.57. The summed E-state index contributed by atoms with van der Waals surface area (Å²) in [5.74, 6) is 0.942. The molecule has 1 heterocycles. The maximum Gasteiger partial charge on any atom is 0.128 e. The number of rotatable bonds is 3. The van der Waals surface area contributed by atoms with Crippen LogP contribution >= 0.6 is 0 Å². The largest absolute Gasteiger partial charge is 0.389 e. The summed E-state index contributed by atoms with van der Waals surface area (Å²) in [6.07, 6.45) is 1.29. The Balaban J connectivity index is 2.87. The van der Waals surface area contributed by atoms with Crippen LogP contribution < -0.4 is 4.90 Å². The van der Waals surface area contributed by atoms with Crippen LogP contribution in [0.15, 0.2) is 18.3 Å². The topological polar surface area (TPSA) is 36.4 Å². The molecule has 0 spiro atoms. The highest BCUT2D eigenvalue weighted by molar-refractivity contribution is 5.40. The molecule has 3 heteroatoms. The van der Waals surface area contributed by atoms with E-state index in [1.165, 1.54) is 0 Å². The number of hydrogen-bond donors (Lipinski definition) is 1. The van der Waals surface area contributed by atoms with Gasteiger partial charge in [0.2, 0.25) is 0 Å². The predicted octanol–water partition coefficient (Wildman–Crippen LogP) is 3.01. The summed E-state index contributed by atoms with van der Waals surface area (Å²) in [6.45, 7) is 10.6. The molecule has 0 bridgehead atoms. The van der Waals surface area contributed by atoms with Crippen molar-refractivity contribution in [2.75, 3.05) is 11.9 Å². The Bertz CT molecular complexity index is 351. The second kappa shape index (κ2) is 5.05. The average molecular weight is 236 g/mol. The number of aliphatic hydroxyl groups excluding tert-OH is 1. The van der Waals surface area contributed by atoms with Gasteiger partial charge in [-0.15, -0.1) is 0 Å². The number of nitrogens with zero attached hydrogens (tertiary/aromatic N) is 2. The van der Waals surface area contributed by atoms with Crippen molar-refractivity contribution >= 4 is 5.82 Å². The van der Waals surface area contributed by atoms with Gasteiger partial charge in [-0.25, -0.2) is 4.98 Å². The SMILES string of the molecule is CC(N(C)c1ccc([C@H](C)O)cn1)C(C)(C)C. The highest BCUT2D eigenvalue weighted by Gasteiger charge is 2.24. The van der Waals surface area contributed by atoms with E-state index in [4.69, 9.17) is 0 Å². The molecule has 0 fully saturated rings. The van der Waals surface area contributed by atoms with Crippen molar-refractivity contribution < 1.29 is 5.11 Å². The predicted molar refractivity (Wildman–Crippen MR) is 72.2 cm³/mol. The van der Waals surface area contributed by atoms with Crippen LogP contribution in [0.2, 0.25) is 0 Å². The quantitative estimate of drug-likeness (QED) is 0.876. The van der Waals surface area contributed by atoms with Crippen LogP contribution in [0, 0.1) is 5.41 Å². The van der Waals surface area contributed by atoms with Crippen LogP contribution in [0.5, 0.6) is 0 Å². The normalized spacial score (nSPS) is 15.5. The first-order chi connectivity index (χ1) is 7.73. The maximum absolute atomic E-state index is 9.44. The molecule has 0 aliphatic rings. The summed E-state index contributed by atoms with van der Waals surface area (Å²) in [5.41, 5.74) is 1.06. The molecule has 0 amide bonds. The summed E-state index contributed by atoms with van der Waals surface area (Å²) in [5, 5.41) is 9.44. The minimum atomic E-state index is -0.457. The summed E-state index contributed by atoms with van der Waals surface area (Å²) >= 11 is 0. The van der Waals surface area contributed by atoms with Gasteiger partial charge in [0, 0.05) is 19.3 Å². The molecule has 96 valence electrons. The van der Waals surface area contributed by atoms with Gasteiger partial charge in [-0.05, 0) is 30.9 Å². The number of aromatic nitrogens is 1. The number of pyridine rings is 1. The van der Waals surface area contributed by atoms with Gasteiger partial charge in [0.15, 0.2) is 0 Å². The van der Waals surface area contributed by atoms with Crippen molar-refractivity contribution in [3.8, 4) is 0 Å². The molecular weight excluding hydrogens is 212 g/mol. The van der Waals surface area contributed by atoms with E-state index in [0.717, 1.165) is 11.4 Å². The third-order valence-electron chi connectivity index (χ3n) is 3.45. The fourth-order valence-electron chi connectivity index (χ4n) is 1.63. The van der Waals surface area contributed by atoms with Crippen molar-refractivity contribution in [2.24, 2.45) is 5.41 Å². The van der Waals surface area contributed by atoms with E-state index < -0.39 is 6.10 Å². The lowest BCUT2D eigenvalue weighted by Gasteiger charge is -2.36. The smallest absolute Gasteiger partial charge is 0.128 e. The van der Waals surface area contributed by atoms with Crippen LogP contribution in [-0.2, 0) is 0 Å². The van der Waals surface area contributed by atoms with Gasteiger partial charge in [0.05, 0.1) is 6.10 Å². The van der Waals surface area contributed by atoms with Crippen molar-refractivity contribution in [2.45, 2.75) is 46.8 Å². The minimum absolute atomic E-state index is 0.208. The molecule has 1 aromatic heterocycles. The monoisotopic (exact) mass is 236 g/mol. The number of aliphatic hydroxyl groups is 1. The third-order valence-corrected chi connectivity index (χ3v) is 3.45. The lowest BCUT2D eigenvalue weighted by atomic mass is 9.87. The van der Waals surface area contributed by atoms with Gasteiger partial charge < -0.3 is 10.0 Å². The zero-order valence-electron chi connectivity index (χ0n) is 11.7. The molecule has 0 aromatic carbocycles. The van der Waals surface area contributed by atoms with Crippen molar-refractivity contribution in [1.29, 1.82) is 0 Å². The first kappa shape index (κ1) is 14.0. The Morgan fingerprint density at radius 1 is 1.24 bits per heavy atom. The lowest BCUT2D eigenvalue weighted by molar-refractivity contribution is 0.199. The standard InChI is InChI=1S/C14H24N2O/c1-10(17)12-7-8-13(15-9-12)16(6)11(2)14(3,4)5/h7-11,17H,1-6H3/t10-,11?/m0/s1. The van der Waals surface area contributed by atoms with E-state index in [2.05, 4.69) is 44.6 Å². The zero-order chi connectivity index (χ0) is 13.2. The maximum atomic E-state index is 9.44. The average Bonchev–Trinajstić information content (AvgIpc) is 2.26. The first-order valence-electron chi connectivity index (χ1n) is 6.10. The fraction of sp³-hybridized carbons (Fsp3) is 0.643. The minimum Gasteiger partial charge on any atom is -0.389 e. The molecule has 17 heavy (non-hydrogen) atoms. The second-order valence-corrected chi connectivity index (χ2v) is 5.78. The van der Waals surface area contributed by atoms with E-state index in [1.807, 2.05) is 12.1 Å². The highest BCUT2D eigenvalue weighted by atomic mass is 16.3. The van der Waals surface area contributed by atoms with E-state index in [1.54, 1.807) is 13.1 Å². The van der Waals surface area contributed by atoms with Crippen LogP contribution in [0.4, 0.5) is 5.82 Å². The third kappa shape index (κ3) is 3.43. The molecule has 0 aliphatic heterocycles. The molecule has 1 unspecified atom stereocenters. The molecule has 0 saturated carbocycles. The number of anilines is 1. The summed E-state index contributed by atoms with van der Waals surface area (Å²) in [6, 6.07) is 4.29. The molecular formula is C14H24N2O. The Morgan fingerprint density at radius 2 is 1.82 bits per heavy atom. The van der Waals surface area contributed by atoms with Gasteiger partial charge in [0.25, 0.3) is 0 Å². The fourth-order valence-corrected chi connectivity index (χ4v) is 1.63. The molecule has 1 N–H and O–H groups in total. The van der Waals surface area contributed by atoms with Crippen LogP contribution in [0.1, 0.15) is 46.3 Å². The van der Waals surface area contributed by atoms with Gasteiger partial charge in [0.1, 0.15) is 5.82 Å². The van der Waals surface area contributed by atoms with Gasteiger partial charge in [-0.3, -0.25) is 0 Å². The van der Waals surface area contributed by atoms with E-state index in [-0.39, 0.29) is 5.41 Å². The summed E-state index contributed by atoms with van der Waals surface area (Å²) < 4.78 is 0. The summed E-state index contributed by atoms with van der Waals surface area (Å²) in [7, 11) is 2.06. The van der Waals surface area contributed by atoms with E-state index in [0.29, 0.717) is 6.04 Å². The van der Waals surface area contributed by atoms with Crippen LogP contribution in [-0.4, -0.2) is 23.2 Å². The Hall–Kier alpha value is -1.09. The Kier molecular flexibility index (Phi) is 4.15. The van der Waals surface area contributed by atoms with Crippen LogP contribution in [0.25, 0.3) is 0 Å². The zero-order valence-corrected chi connectivity index (χ0v) is 11.7. The molecule has 3 nitrogen and oxygen atoms in total. The lowest BCUT2D eigenvalue weighted by Crippen LogP contribution is -2.39. The Morgan fingerprint density at radius 3 is 2.18 bits per heavy atom. The van der Waals surface area contributed by atoms with E-state index in [9.17, 15) is 5.11 Å². The van der Waals surface area contributed by atoms with Crippen molar-refractivity contribution in [3.05, 3.63) is 23.9 Å². The van der Waals surface area contributed by atoms with Crippen LogP contribution in [0.3, 0.4) is 0 Å². The molecule has 2 atom stereocenters. The highest BCUT2D eigenvalue weighted by Crippen LogP contribution is 2.26. The molecule has 0 saturated heterocycles. The Labute approximate surface area is 104 Å². The second-order valence-electron chi connectivity index (χ2n) is 5.78. The van der Waals surface area contributed by atoms with Crippen molar-refractivity contribution in [1.82, 2.24) is 4.98 Å². The van der Waals surface area contributed by atoms with E-state index >= 15 is 0 Å². The first-order valence-corrected chi connectivity index (χ1v) is 6.10. The van der Waals surface area contributed by atoms with Crippen molar-refractivity contribution in [3.63, 3.8) is 0 Å². The molecule has 0 aliphatic carbocycles. The molecule has 0 radical (unpaired) electrons. The number of hydrogen-bond acceptors (Lipinski definition) is 3. The van der Waals surface area contributed by atoms with Gasteiger partial charge in [-0.1, -0.05) is 26.8 Å². The molecule has 1 rings (SSSR count). The molecule has 1 aromatic rings.